The lowest BCUT2D eigenvalue weighted by Gasteiger charge is -2.26. The third kappa shape index (κ3) is 7.55. The fourth-order valence-corrected chi connectivity index (χ4v) is 4.14. The first-order valence-electron chi connectivity index (χ1n) is 12.8. The number of carbonyl (C=O) groups excluding carboxylic acids is 1. The minimum atomic E-state index is -0.0460. The molecule has 0 saturated carbocycles. The van der Waals surface area contributed by atoms with Crippen molar-refractivity contribution in [1.82, 2.24) is 24.8 Å². The van der Waals surface area contributed by atoms with E-state index in [9.17, 15) is 4.79 Å². The van der Waals surface area contributed by atoms with E-state index in [2.05, 4.69) is 39.4 Å². The zero-order valence-electron chi connectivity index (χ0n) is 22.2. The van der Waals surface area contributed by atoms with Gasteiger partial charge >= 0.3 is 0 Å². The number of rotatable bonds is 13. The Morgan fingerprint density at radius 2 is 1.84 bits per heavy atom. The van der Waals surface area contributed by atoms with Gasteiger partial charge in [0.15, 0.2) is 0 Å². The van der Waals surface area contributed by atoms with E-state index in [0.717, 1.165) is 42.1 Å². The number of methoxy groups -OCH3 is 1. The minimum Gasteiger partial charge on any atom is -0.497 e. The van der Waals surface area contributed by atoms with Crippen LogP contribution in [0.15, 0.2) is 79.4 Å². The van der Waals surface area contributed by atoms with E-state index in [1.165, 1.54) is 0 Å². The van der Waals surface area contributed by atoms with Crippen LogP contribution in [0.2, 0.25) is 0 Å². The van der Waals surface area contributed by atoms with Crippen molar-refractivity contribution in [2.75, 3.05) is 50.1 Å². The number of aryl methyl sites for hydroxylation is 1. The number of hydrogen-bond acceptors (Lipinski definition) is 7. The van der Waals surface area contributed by atoms with Crippen LogP contribution in [0.5, 0.6) is 5.75 Å². The second-order valence-electron chi connectivity index (χ2n) is 9.12. The van der Waals surface area contributed by atoms with Gasteiger partial charge < -0.3 is 19.9 Å². The molecule has 0 fully saturated rings. The smallest absolute Gasteiger partial charge is 0.239 e. The van der Waals surface area contributed by atoms with Crippen LogP contribution in [0.1, 0.15) is 17.7 Å². The summed E-state index contributed by atoms with van der Waals surface area (Å²) in [5, 5.41) is 3.06. The molecule has 2 aromatic heterocycles. The monoisotopic (exact) mass is 513 g/mol. The van der Waals surface area contributed by atoms with Gasteiger partial charge in [0.1, 0.15) is 17.9 Å². The van der Waals surface area contributed by atoms with Crippen molar-refractivity contribution in [2.45, 2.75) is 19.8 Å². The fraction of sp³-hybridized carbons (Fsp3) is 0.310. The number of para-hydroxylation sites is 1. The standard InChI is InChI=1S/C29H35N7O2/c1-23-20-27(33-29(32-23)36-19-16-30-22-36)35(18-7-17-34(2)25-8-5-4-6-9-25)21-28(37)31-15-14-24-10-12-26(38-3)13-11-24/h4-6,8-13,16,19-20,22H,7,14-15,17-18,21H2,1-3H3,(H,31,37). The molecule has 9 nitrogen and oxygen atoms in total. The van der Waals surface area contributed by atoms with Crippen molar-refractivity contribution in [3.63, 3.8) is 0 Å². The van der Waals surface area contributed by atoms with Gasteiger partial charge in [-0.3, -0.25) is 9.36 Å². The maximum Gasteiger partial charge on any atom is 0.239 e. The summed E-state index contributed by atoms with van der Waals surface area (Å²) in [4.78, 5) is 30.7. The van der Waals surface area contributed by atoms with Crippen LogP contribution in [0, 0.1) is 6.92 Å². The Kier molecular flexibility index (Phi) is 9.28. The van der Waals surface area contributed by atoms with Crippen molar-refractivity contribution in [3.05, 3.63) is 90.6 Å². The SMILES string of the molecule is COc1ccc(CCNC(=O)CN(CCCN(C)c2ccccc2)c2cc(C)nc(-n3ccnc3)n2)cc1. The Labute approximate surface area is 224 Å². The minimum absolute atomic E-state index is 0.0460. The van der Waals surface area contributed by atoms with Gasteiger partial charge in [0.25, 0.3) is 0 Å². The maximum absolute atomic E-state index is 13.0. The Morgan fingerprint density at radius 1 is 1.05 bits per heavy atom. The molecule has 0 saturated heterocycles. The molecule has 198 valence electrons. The summed E-state index contributed by atoms with van der Waals surface area (Å²) in [6.45, 7) is 4.21. The number of hydrogen-bond donors (Lipinski definition) is 1. The molecule has 2 heterocycles. The number of nitrogens with one attached hydrogen (secondary N) is 1. The Bertz CT molecular complexity index is 1280. The molecule has 4 rings (SSSR count). The molecule has 0 bridgehead atoms. The number of anilines is 2. The molecule has 0 spiro atoms. The lowest BCUT2D eigenvalue weighted by atomic mass is 10.1. The van der Waals surface area contributed by atoms with E-state index >= 15 is 0 Å². The molecular weight excluding hydrogens is 478 g/mol. The second kappa shape index (κ2) is 13.2. The summed E-state index contributed by atoms with van der Waals surface area (Å²) in [5.74, 6) is 2.02. The molecule has 1 N–H and O–H groups in total. The first-order valence-corrected chi connectivity index (χ1v) is 12.8. The predicted octanol–water partition coefficient (Wildman–Crippen LogP) is 3.67. The molecule has 0 unspecified atom stereocenters. The maximum atomic E-state index is 13.0. The van der Waals surface area contributed by atoms with E-state index in [1.807, 2.05) is 66.6 Å². The second-order valence-corrected chi connectivity index (χ2v) is 9.12. The number of amides is 1. The van der Waals surface area contributed by atoms with E-state index in [-0.39, 0.29) is 12.5 Å². The van der Waals surface area contributed by atoms with Gasteiger partial charge in [-0.25, -0.2) is 9.97 Å². The molecule has 4 aromatic rings. The number of aromatic nitrogens is 4. The van der Waals surface area contributed by atoms with Gasteiger partial charge in [-0.15, -0.1) is 0 Å². The van der Waals surface area contributed by atoms with Crippen molar-refractivity contribution < 1.29 is 9.53 Å². The van der Waals surface area contributed by atoms with E-state index in [0.29, 0.717) is 24.9 Å². The van der Waals surface area contributed by atoms with E-state index in [4.69, 9.17) is 9.72 Å². The van der Waals surface area contributed by atoms with Crippen LogP contribution in [0.4, 0.5) is 11.5 Å². The number of carbonyl (C=O) groups is 1. The van der Waals surface area contributed by atoms with Crippen LogP contribution < -0.4 is 19.9 Å². The molecule has 0 aliphatic carbocycles. The Hall–Kier alpha value is -4.40. The highest BCUT2D eigenvalue weighted by Gasteiger charge is 2.16. The molecular formula is C29H35N7O2. The predicted molar refractivity (Wildman–Crippen MR) is 150 cm³/mol. The number of ether oxygens (including phenoxy) is 1. The highest BCUT2D eigenvalue weighted by Crippen LogP contribution is 2.17. The molecule has 0 radical (unpaired) electrons. The van der Waals surface area contributed by atoms with Crippen LogP contribution in [0.25, 0.3) is 5.95 Å². The largest absolute Gasteiger partial charge is 0.497 e. The van der Waals surface area contributed by atoms with Gasteiger partial charge in [0.2, 0.25) is 11.9 Å². The molecule has 0 atom stereocenters. The first-order chi connectivity index (χ1) is 18.5. The Balaban J connectivity index is 1.41. The Morgan fingerprint density at radius 3 is 2.55 bits per heavy atom. The first kappa shape index (κ1) is 26.7. The van der Waals surface area contributed by atoms with Crippen LogP contribution >= 0.6 is 0 Å². The molecule has 9 heteroatoms. The molecule has 1 amide bonds. The summed E-state index contributed by atoms with van der Waals surface area (Å²) in [5.41, 5.74) is 3.13. The molecule has 0 aliphatic heterocycles. The van der Waals surface area contributed by atoms with Crippen molar-refractivity contribution in [1.29, 1.82) is 0 Å². The number of imidazole rings is 1. The third-order valence-corrected chi connectivity index (χ3v) is 6.24. The van der Waals surface area contributed by atoms with Crippen LogP contribution in [0.3, 0.4) is 0 Å². The van der Waals surface area contributed by atoms with E-state index in [1.54, 1.807) is 24.2 Å². The summed E-state index contributed by atoms with van der Waals surface area (Å²) < 4.78 is 6.99. The van der Waals surface area contributed by atoms with Gasteiger partial charge in [-0.05, 0) is 49.6 Å². The molecule has 0 aliphatic rings. The van der Waals surface area contributed by atoms with Crippen molar-refractivity contribution in [2.24, 2.45) is 0 Å². The zero-order chi connectivity index (χ0) is 26.7. The molecule has 2 aromatic carbocycles. The number of benzene rings is 2. The van der Waals surface area contributed by atoms with Gasteiger partial charge in [-0.1, -0.05) is 30.3 Å². The third-order valence-electron chi connectivity index (χ3n) is 6.24. The summed E-state index contributed by atoms with van der Waals surface area (Å²) in [7, 11) is 3.73. The lowest BCUT2D eigenvalue weighted by Crippen LogP contribution is -2.40. The quantitative estimate of drug-likeness (QED) is 0.292. The normalized spacial score (nSPS) is 10.7. The zero-order valence-corrected chi connectivity index (χ0v) is 22.2. The van der Waals surface area contributed by atoms with Gasteiger partial charge in [0.05, 0.1) is 13.7 Å². The average molecular weight is 514 g/mol. The molecule has 38 heavy (non-hydrogen) atoms. The fourth-order valence-electron chi connectivity index (χ4n) is 4.14. The highest BCUT2D eigenvalue weighted by molar-refractivity contribution is 5.81. The van der Waals surface area contributed by atoms with Crippen LogP contribution in [-0.4, -0.2) is 65.8 Å². The van der Waals surface area contributed by atoms with Crippen LogP contribution in [-0.2, 0) is 11.2 Å². The van der Waals surface area contributed by atoms with E-state index < -0.39 is 0 Å². The lowest BCUT2D eigenvalue weighted by molar-refractivity contribution is -0.119. The highest BCUT2D eigenvalue weighted by atomic mass is 16.5. The number of nitrogens with zero attached hydrogens (tertiary/aromatic N) is 6. The topological polar surface area (TPSA) is 88.4 Å². The van der Waals surface area contributed by atoms with Gasteiger partial charge in [-0.2, -0.15) is 4.98 Å². The average Bonchev–Trinajstić information content (AvgIpc) is 3.48. The summed E-state index contributed by atoms with van der Waals surface area (Å²) >= 11 is 0. The van der Waals surface area contributed by atoms with Crippen molar-refractivity contribution >= 4 is 17.4 Å². The van der Waals surface area contributed by atoms with Gasteiger partial charge in [0, 0.05) is 56.5 Å². The summed E-state index contributed by atoms with van der Waals surface area (Å²) in [6, 6.07) is 20.1. The summed E-state index contributed by atoms with van der Waals surface area (Å²) in [6.07, 6.45) is 6.77. The van der Waals surface area contributed by atoms with Crippen molar-refractivity contribution in [3.8, 4) is 11.7 Å².